The minimum absolute atomic E-state index is 0.286. The molecule has 1 amide bonds. The van der Waals surface area contributed by atoms with Gasteiger partial charge in [0.1, 0.15) is 11.3 Å². The fourth-order valence-corrected chi connectivity index (χ4v) is 3.78. The maximum Gasteiger partial charge on any atom is 0.422 e. The van der Waals surface area contributed by atoms with E-state index in [4.69, 9.17) is 12.2 Å². The lowest BCUT2D eigenvalue weighted by molar-refractivity contribution is -0.143. The average molecular weight is 533 g/mol. The van der Waals surface area contributed by atoms with Gasteiger partial charge in [0.15, 0.2) is 28.4 Å². The third kappa shape index (κ3) is 6.63. The van der Waals surface area contributed by atoms with Gasteiger partial charge in [0.25, 0.3) is 0 Å². The van der Waals surface area contributed by atoms with Crippen LogP contribution in [0.15, 0.2) is 59.5 Å². The number of thiocarbonyl (C=S) groups is 1. The van der Waals surface area contributed by atoms with Crippen molar-refractivity contribution in [1.29, 1.82) is 0 Å². The molecular formula is C22H14F7N3OS2. The number of rotatable bonds is 6. The average Bonchev–Trinajstić information content (AvgIpc) is 2.79. The highest BCUT2D eigenvalue weighted by Gasteiger charge is 2.42. The lowest BCUT2D eigenvalue weighted by Gasteiger charge is -2.14. The molecule has 0 saturated heterocycles. The molecule has 3 N–H and O–H groups in total. The molecule has 13 heteroatoms. The number of carbonyl (C=O) groups excluding carboxylic acids is 1. The number of hydrogen-bond acceptors (Lipinski definition) is 3. The number of benzene rings is 3. The van der Waals surface area contributed by atoms with E-state index in [0.29, 0.717) is 10.6 Å². The zero-order valence-corrected chi connectivity index (χ0v) is 18.9. The summed E-state index contributed by atoms with van der Waals surface area (Å²) in [6.45, 7) is 0. The van der Waals surface area contributed by atoms with Crippen LogP contribution in [0.4, 0.5) is 47.8 Å². The number of halogens is 7. The number of thioether (sulfide) groups is 1. The first-order valence-corrected chi connectivity index (χ1v) is 11.0. The van der Waals surface area contributed by atoms with Crippen LogP contribution in [0.5, 0.6) is 0 Å². The number of amides is 1. The Morgan fingerprint density at radius 3 is 1.97 bits per heavy atom. The summed E-state index contributed by atoms with van der Waals surface area (Å²) >= 11 is 6.11. The first-order chi connectivity index (χ1) is 16.5. The molecular weight excluding hydrogens is 519 g/mol. The molecule has 3 aromatic carbocycles. The highest BCUT2D eigenvalue weighted by molar-refractivity contribution is 8.00. The Labute approximate surface area is 203 Å². The quantitative estimate of drug-likeness (QED) is 0.141. The zero-order chi connectivity index (χ0) is 25.8. The van der Waals surface area contributed by atoms with Crippen molar-refractivity contribution in [2.45, 2.75) is 11.1 Å². The molecule has 3 aromatic rings. The maximum atomic E-state index is 14.0. The van der Waals surface area contributed by atoms with E-state index in [1.54, 1.807) is 41.7 Å². The van der Waals surface area contributed by atoms with Gasteiger partial charge in [0.2, 0.25) is 5.91 Å². The van der Waals surface area contributed by atoms with E-state index >= 15 is 0 Å². The second-order valence-corrected chi connectivity index (χ2v) is 8.27. The fourth-order valence-electron chi connectivity index (χ4n) is 2.79. The Morgan fingerprint density at radius 2 is 1.37 bits per heavy atom. The largest absolute Gasteiger partial charge is 0.422 e. The van der Waals surface area contributed by atoms with Crippen LogP contribution in [0.25, 0.3) is 0 Å². The number of anilines is 3. The summed E-state index contributed by atoms with van der Waals surface area (Å²) in [6.07, 6.45) is -5.67. The van der Waals surface area contributed by atoms with Crippen molar-refractivity contribution in [3.05, 3.63) is 83.4 Å². The van der Waals surface area contributed by atoms with Crippen molar-refractivity contribution in [3.8, 4) is 0 Å². The third-order valence-corrected chi connectivity index (χ3v) is 5.50. The Balaban J connectivity index is 1.64. The van der Waals surface area contributed by atoms with E-state index in [2.05, 4.69) is 10.6 Å². The molecule has 0 aliphatic carbocycles. The van der Waals surface area contributed by atoms with Gasteiger partial charge in [-0.2, -0.15) is 13.2 Å². The van der Waals surface area contributed by atoms with Crippen LogP contribution < -0.4 is 16.0 Å². The van der Waals surface area contributed by atoms with Crippen LogP contribution in [0.1, 0.15) is 5.56 Å². The van der Waals surface area contributed by atoms with Crippen molar-refractivity contribution in [3.63, 3.8) is 0 Å². The second kappa shape index (κ2) is 11.0. The van der Waals surface area contributed by atoms with E-state index in [1.165, 1.54) is 0 Å². The van der Waals surface area contributed by atoms with Gasteiger partial charge >= 0.3 is 6.18 Å². The predicted molar refractivity (Wildman–Crippen MR) is 123 cm³/mol. The summed E-state index contributed by atoms with van der Waals surface area (Å²) in [6, 6.07) is 15.6. The molecule has 0 unspecified atom stereocenters. The smallest absolute Gasteiger partial charge is 0.332 e. The van der Waals surface area contributed by atoms with E-state index in [0.717, 1.165) is 17.4 Å². The maximum absolute atomic E-state index is 14.0. The van der Waals surface area contributed by atoms with E-state index < -0.39 is 52.4 Å². The second-order valence-electron chi connectivity index (χ2n) is 6.81. The summed E-state index contributed by atoms with van der Waals surface area (Å²) in [5, 5.41) is 7.77. The Kier molecular flexibility index (Phi) is 8.22. The van der Waals surface area contributed by atoms with Gasteiger partial charge in [-0.05, 0) is 42.5 Å². The highest BCUT2D eigenvalue weighted by atomic mass is 32.2. The Bertz CT molecular complexity index is 1220. The number of nitrogens with one attached hydrogen (secondary N) is 3. The zero-order valence-electron chi connectivity index (χ0n) is 17.3. The predicted octanol–water partition coefficient (Wildman–Crippen LogP) is 6.80. The molecule has 4 nitrogen and oxygen atoms in total. The van der Waals surface area contributed by atoms with Gasteiger partial charge < -0.3 is 16.0 Å². The molecule has 0 atom stereocenters. The summed E-state index contributed by atoms with van der Waals surface area (Å²) in [5.41, 5.74) is -3.06. The van der Waals surface area contributed by atoms with Gasteiger partial charge in [0, 0.05) is 16.3 Å². The first kappa shape index (κ1) is 26.3. The molecule has 0 aliphatic heterocycles. The van der Waals surface area contributed by atoms with Crippen molar-refractivity contribution in [2.75, 3.05) is 21.7 Å². The normalized spacial score (nSPS) is 11.2. The van der Waals surface area contributed by atoms with Crippen LogP contribution >= 0.6 is 24.0 Å². The van der Waals surface area contributed by atoms with Gasteiger partial charge in [-0.25, -0.2) is 17.6 Å². The molecule has 184 valence electrons. The number of para-hydroxylation sites is 1. The third-order valence-electron chi connectivity index (χ3n) is 4.30. The van der Waals surface area contributed by atoms with Gasteiger partial charge in [0.05, 0.1) is 5.75 Å². The fraction of sp³-hybridized carbons (Fsp3) is 0.0909. The van der Waals surface area contributed by atoms with Gasteiger partial charge in [-0.3, -0.25) is 4.79 Å². The molecule has 0 spiro atoms. The molecule has 0 radical (unpaired) electrons. The standard InChI is InChI=1S/C22H14F7N3OS2/c23-16-15(22(27,28)29)17(24)19(26)20(18(16)25)32-14(33)10-35-13-8-4-7-12(9-13)31-21(34)30-11-5-2-1-3-6-11/h1-9H,10H2,(H,32,33)(H2,30,31,34). The Hall–Kier alpha value is -3.32. The SMILES string of the molecule is O=C(CSc1cccc(NC(=S)Nc2ccccc2)c1)Nc1c(F)c(F)c(C(F)(F)F)c(F)c1F. The topological polar surface area (TPSA) is 53.2 Å². The molecule has 0 aliphatic rings. The van der Waals surface area contributed by atoms with Crippen molar-refractivity contribution < 1.29 is 35.5 Å². The van der Waals surface area contributed by atoms with Crippen LogP contribution in [-0.4, -0.2) is 16.8 Å². The number of hydrogen-bond donors (Lipinski definition) is 3. The van der Waals surface area contributed by atoms with Crippen molar-refractivity contribution in [1.82, 2.24) is 0 Å². The molecule has 0 aromatic heterocycles. The molecule has 0 saturated carbocycles. The minimum atomic E-state index is -5.67. The highest BCUT2D eigenvalue weighted by Crippen LogP contribution is 2.38. The Morgan fingerprint density at radius 1 is 0.800 bits per heavy atom. The summed E-state index contributed by atoms with van der Waals surface area (Å²) < 4.78 is 93.3. The van der Waals surface area contributed by atoms with E-state index in [9.17, 15) is 35.5 Å². The van der Waals surface area contributed by atoms with Gasteiger partial charge in [-0.15, -0.1) is 11.8 Å². The molecule has 0 heterocycles. The molecule has 0 bridgehead atoms. The van der Waals surface area contributed by atoms with Crippen molar-refractivity contribution >= 4 is 52.1 Å². The summed E-state index contributed by atoms with van der Waals surface area (Å²) in [4.78, 5) is 12.6. The van der Waals surface area contributed by atoms with Crippen LogP contribution in [-0.2, 0) is 11.0 Å². The summed E-state index contributed by atoms with van der Waals surface area (Å²) in [5.74, 6) is -11.6. The van der Waals surface area contributed by atoms with Gasteiger partial charge in [-0.1, -0.05) is 24.3 Å². The number of alkyl halides is 3. The van der Waals surface area contributed by atoms with Crippen LogP contribution in [0, 0.1) is 23.3 Å². The minimum Gasteiger partial charge on any atom is -0.332 e. The molecule has 0 fully saturated rings. The molecule has 3 rings (SSSR count). The van der Waals surface area contributed by atoms with Crippen LogP contribution in [0.3, 0.4) is 0 Å². The number of carbonyl (C=O) groups is 1. The van der Waals surface area contributed by atoms with Crippen molar-refractivity contribution in [2.24, 2.45) is 0 Å². The summed E-state index contributed by atoms with van der Waals surface area (Å²) in [7, 11) is 0. The molecule has 35 heavy (non-hydrogen) atoms. The van der Waals surface area contributed by atoms with E-state index in [-0.39, 0.29) is 5.11 Å². The lowest BCUT2D eigenvalue weighted by atomic mass is 10.1. The first-order valence-electron chi connectivity index (χ1n) is 9.56. The van der Waals surface area contributed by atoms with E-state index in [1.807, 2.05) is 18.2 Å². The monoisotopic (exact) mass is 533 g/mol. The lowest BCUT2D eigenvalue weighted by Crippen LogP contribution is -2.21. The van der Waals surface area contributed by atoms with Crippen LogP contribution in [0.2, 0.25) is 0 Å².